The van der Waals surface area contributed by atoms with Gasteiger partial charge in [0.25, 0.3) is 5.91 Å². The highest BCUT2D eigenvalue weighted by Gasteiger charge is 2.29. The summed E-state index contributed by atoms with van der Waals surface area (Å²) in [6, 6.07) is 0. The number of halogens is 1. The third-order valence-electron chi connectivity index (χ3n) is 4.99. The highest BCUT2D eigenvalue weighted by atomic mass is 35.5. The quantitative estimate of drug-likeness (QED) is 0.906. The van der Waals surface area contributed by atoms with Gasteiger partial charge in [0, 0.05) is 45.8 Å². The van der Waals surface area contributed by atoms with E-state index in [-0.39, 0.29) is 5.91 Å². The van der Waals surface area contributed by atoms with Gasteiger partial charge in [-0.3, -0.25) is 9.89 Å². The van der Waals surface area contributed by atoms with Gasteiger partial charge in [-0.1, -0.05) is 11.6 Å². The fourth-order valence-corrected chi connectivity index (χ4v) is 3.67. The van der Waals surface area contributed by atoms with Crippen molar-refractivity contribution >= 4 is 17.5 Å². The number of nitrogens with zero attached hydrogens (tertiary/aromatic N) is 4. The van der Waals surface area contributed by atoms with Crippen LogP contribution in [0.5, 0.6) is 0 Å². The van der Waals surface area contributed by atoms with Crippen molar-refractivity contribution in [3.63, 3.8) is 0 Å². The summed E-state index contributed by atoms with van der Waals surface area (Å²) in [5.41, 5.74) is 1.12. The smallest absolute Gasteiger partial charge is 0.275 e. The van der Waals surface area contributed by atoms with E-state index in [4.69, 9.17) is 11.6 Å². The minimum atomic E-state index is -0.0394. The summed E-state index contributed by atoms with van der Waals surface area (Å²) in [4.78, 5) is 19.5. The lowest BCUT2D eigenvalue weighted by molar-refractivity contribution is 0.0604. The van der Waals surface area contributed by atoms with Gasteiger partial charge >= 0.3 is 0 Å². The molecule has 1 atom stereocenters. The average Bonchev–Trinajstić information content (AvgIpc) is 2.89. The van der Waals surface area contributed by atoms with E-state index >= 15 is 0 Å². The number of aromatic nitrogens is 2. The normalized spacial score (nSPS) is 24.1. The van der Waals surface area contributed by atoms with E-state index in [9.17, 15) is 4.79 Å². The zero-order valence-corrected chi connectivity index (χ0v) is 14.8. The zero-order valence-electron chi connectivity index (χ0n) is 14.0. The molecule has 2 aliphatic heterocycles. The van der Waals surface area contributed by atoms with Crippen LogP contribution < -0.4 is 0 Å². The Morgan fingerprint density at radius 1 is 1.30 bits per heavy atom. The molecule has 0 aromatic carbocycles. The molecule has 0 bridgehead atoms. The number of hydrogen-bond donors (Lipinski definition) is 1. The van der Waals surface area contributed by atoms with Crippen LogP contribution in [0.1, 0.15) is 29.0 Å². The molecule has 0 spiro atoms. The van der Waals surface area contributed by atoms with Crippen molar-refractivity contribution < 1.29 is 4.79 Å². The number of aromatic amines is 1. The maximum atomic E-state index is 12.7. The fourth-order valence-electron chi connectivity index (χ4n) is 3.50. The van der Waals surface area contributed by atoms with Crippen molar-refractivity contribution in [2.24, 2.45) is 5.92 Å². The Labute approximate surface area is 142 Å². The molecule has 1 aromatic rings. The van der Waals surface area contributed by atoms with Gasteiger partial charge in [0.05, 0.1) is 10.7 Å². The molecule has 0 saturated carbocycles. The summed E-state index contributed by atoms with van der Waals surface area (Å²) in [7, 11) is 2.17. The van der Waals surface area contributed by atoms with Crippen molar-refractivity contribution in [1.29, 1.82) is 0 Å². The van der Waals surface area contributed by atoms with Crippen LogP contribution >= 0.6 is 11.6 Å². The molecule has 0 radical (unpaired) electrons. The maximum absolute atomic E-state index is 12.7. The number of likely N-dealkylation sites (tertiary alicyclic amines) is 1. The molecule has 3 rings (SSSR count). The number of rotatable bonds is 3. The first-order chi connectivity index (χ1) is 11.0. The van der Waals surface area contributed by atoms with Gasteiger partial charge in [0.2, 0.25) is 0 Å². The predicted molar refractivity (Wildman–Crippen MR) is 90.9 cm³/mol. The molecule has 3 heterocycles. The molecular formula is C16H26ClN5O. The van der Waals surface area contributed by atoms with Crippen LogP contribution in [0.4, 0.5) is 0 Å². The second-order valence-corrected chi connectivity index (χ2v) is 7.25. The second-order valence-electron chi connectivity index (χ2n) is 6.87. The van der Waals surface area contributed by atoms with E-state index in [2.05, 4.69) is 27.0 Å². The molecule has 128 valence electrons. The topological polar surface area (TPSA) is 55.5 Å². The van der Waals surface area contributed by atoms with Crippen LogP contribution in [0, 0.1) is 12.8 Å². The Morgan fingerprint density at radius 3 is 2.70 bits per heavy atom. The Kier molecular flexibility index (Phi) is 5.24. The lowest BCUT2D eigenvalue weighted by Crippen LogP contribution is -2.49. The standard InChI is InChI=1S/C16H26ClN5O/c1-12-14(17)15(19-18-12)16(23)22-5-3-4-13(11-22)10-21-8-6-20(2)7-9-21/h13H,3-11H2,1-2H3,(H,18,19)/t13-/m0/s1. The molecule has 1 aromatic heterocycles. The van der Waals surface area contributed by atoms with Crippen molar-refractivity contribution in [1.82, 2.24) is 24.9 Å². The second kappa shape index (κ2) is 7.20. The molecule has 23 heavy (non-hydrogen) atoms. The fraction of sp³-hybridized carbons (Fsp3) is 0.750. The molecule has 2 fully saturated rings. The van der Waals surface area contributed by atoms with Gasteiger partial charge in [0.1, 0.15) is 0 Å². The number of hydrogen-bond acceptors (Lipinski definition) is 4. The summed E-state index contributed by atoms with van der Waals surface area (Å²) < 4.78 is 0. The van der Waals surface area contributed by atoms with Crippen LogP contribution in [0.15, 0.2) is 0 Å². The molecular weight excluding hydrogens is 314 g/mol. The highest BCUT2D eigenvalue weighted by Crippen LogP contribution is 2.23. The van der Waals surface area contributed by atoms with E-state index in [0.717, 1.165) is 57.9 Å². The third-order valence-corrected chi connectivity index (χ3v) is 5.46. The number of piperidine rings is 1. The molecule has 0 aliphatic carbocycles. The maximum Gasteiger partial charge on any atom is 0.275 e. The van der Waals surface area contributed by atoms with Gasteiger partial charge in [-0.2, -0.15) is 5.10 Å². The molecule has 7 heteroatoms. The molecule has 2 saturated heterocycles. The van der Waals surface area contributed by atoms with Gasteiger partial charge < -0.3 is 14.7 Å². The molecule has 1 amide bonds. The highest BCUT2D eigenvalue weighted by molar-refractivity contribution is 6.34. The predicted octanol–water partition coefficient (Wildman–Crippen LogP) is 1.47. The summed E-state index contributed by atoms with van der Waals surface area (Å²) >= 11 is 6.17. The Bertz CT molecular complexity index is 553. The van der Waals surface area contributed by atoms with Crippen molar-refractivity contribution in [2.45, 2.75) is 19.8 Å². The number of nitrogens with one attached hydrogen (secondary N) is 1. The Morgan fingerprint density at radius 2 is 2.04 bits per heavy atom. The lowest BCUT2D eigenvalue weighted by Gasteiger charge is -2.38. The van der Waals surface area contributed by atoms with Gasteiger partial charge in [-0.25, -0.2) is 0 Å². The van der Waals surface area contributed by atoms with Gasteiger partial charge in [-0.15, -0.1) is 0 Å². The van der Waals surface area contributed by atoms with Gasteiger partial charge in [0.15, 0.2) is 5.69 Å². The summed E-state index contributed by atoms with van der Waals surface area (Å²) in [6.45, 7) is 9.07. The summed E-state index contributed by atoms with van der Waals surface area (Å²) in [6.07, 6.45) is 2.26. The molecule has 2 aliphatic rings. The van der Waals surface area contributed by atoms with Crippen LogP contribution in [0.3, 0.4) is 0 Å². The third kappa shape index (κ3) is 3.87. The average molecular weight is 340 g/mol. The first-order valence-electron chi connectivity index (χ1n) is 8.45. The number of amides is 1. The lowest BCUT2D eigenvalue weighted by atomic mass is 9.96. The van der Waals surface area contributed by atoms with Crippen molar-refractivity contribution in [3.8, 4) is 0 Å². The van der Waals surface area contributed by atoms with Crippen molar-refractivity contribution in [3.05, 3.63) is 16.4 Å². The van der Waals surface area contributed by atoms with Crippen molar-refractivity contribution in [2.75, 3.05) is 52.9 Å². The Balaban J connectivity index is 1.57. The van der Waals surface area contributed by atoms with Crippen LogP contribution in [-0.2, 0) is 0 Å². The largest absolute Gasteiger partial charge is 0.337 e. The van der Waals surface area contributed by atoms with E-state index in [0.29, 0.717) is 16.6 Å². The molecule has 0 unspecified atom stereocenters. The number of H-pyrrole nitrogens is 1. The number of likely N-dealkylation sites (N-methyl/N-ethyl adjacent to an activating group) is 1. The van der Waals surface area contributed by atoms with E-state index < -0.39 is 0 Å². The minimum absolute atomic E-state index is 0.0394. The first-order valence-corrected chi connectivity index (χ1v) is 8.83. The SMILES string of the molecule is Cc1[nH]nc(C(=O)N2CCC[C@@H](CN3CCN(C)CC3)C2)c1Cl. The molecule has 1 N–H and O–H groups in total. The van der Waals surface area contributed by atoms with Crippen LogP contribution in [0.2, 0.25) is 5.02 Å². The molecule has 6 nitrogen and oxygen atoms in total. The van der Waals surface area contributed by atoms with Gasteiger partial charge in [-0.05, 0) is 32.7 Å². The summed E-state index contributed by atoms with van der Waals surface area (Å²) in [5, 5.41) is 7.33. The first kappa shape index (κ1) is 16.7. The van der Waals surface area contributed by atoms with E-state index in [1.54, 1.807) is 0 Å². The summed E-state index contributed by atoms with van der Waals surface area (Å²) in [5.74, 6) is 0.511. The van der Waals surface area contributed by atoms with E-state index in [1.807, 2.05) is 11.8 Å². The number of aryl methyl sites for hydroxylation is 1. The number of piperazine rings is 1. The minimum Gasteiger partial charge on any atom is -0.337 e. The van der Waals surface area contributed by atoms with Crippen LogP contribution in [0.25, 0.3) is 0 Å². The van der Waals surface area contributed by atoms with E-state index in [1.165, 1.54) is 6.42 Å². The Hall–Kier alpha value is -1.11. The number of carbonyl (C=O) groups excluding carboxylic acids is 1. The monoisotopic (exact) mass is 339 g/mol. The zero-order chi connectivity index (χ0) is 16.4. The number of carbonyl (C=O) groups is 1. The van der Waals surface area contributed by atoms with Crippen LogP contribution in [-0.4, -0.2) is 83.7 Å².